The van der Waals surface area contributed by atoms with Gasteiger partial charge in [-0.1, -0.05) is 47.5 Å². The molecule has 1 amide bonds. The van der Waals surface area contributed by atoms with Crippen molar-refractivity contribution in [3.63, 3.8) is 0 Å². The highest BCUT2D eigenvalue weighted by Crippen LogP contribution is 2.45. The molecule has 0 aromatic heterocycles. The van der Waals surface area contributed by atoms with E-state index in [1.54, 1.807) is 47.4 Å². The van der Waals surface area contributed by atoms with E-state index in [1.165, 1.54) is 14.2 Å². The van der Waals surface area contributed by atoms with Gasteiger partial charge in [0, 0.05) is 73.7 Å². The Morgan fingerprint density at radius 2 is 1.28 bits per heavy atom. The number of hydrogen-bond donors (Lipinski definition) is 1. The van der Waals surface area contributed by atoms with E-state index in [1.807, 2.05) is 6.07 Å². The minimum absolute atomic E-state index is 0. The Bertz CT molecular complexity index is 1580. The van der Waals surface area contributed by atoms with Gasteiger partial charge < -0.3 is 34.0 Å². The van der Waals surface area contributed by atoms with E-state index >= 15 is 0 Å². The molecule has 1 N–H and O–H groups in total. The first-order valence-corrected chi connectivity index (χ1v) is 18.9. The minimum atomic E-state index is -1.61. The summed E-state index contributed by atoms with van der Waals surface area (Å²) in [6, 6.07) is 13.7. The quantitative estimate of drug-likeness (QED) is 0.236. The molecule has 0 saturated carbocycles. The summed E-state index contributed by atoms with van der Waals surface area (Å²) in [5.74, 6) is -3.03. The second kappa shape index (κ2) is 22.4. The van der Waals surface area contributed by atoms with Crippen LogP contribution in [0.5, 0.6) is 0 Å². The number of amides is 1. The maximum absolute atomic E-state index is 13.9. The normalized spacial score (nSPS) is 18.9. The van der Waals surface area contributed by atoms with Crippen LogP contribution in [-0.2, 0) is 35.0 Å². The Morgan fingerprint density at radius 1 is 0.774 bits per heavy atom. The second-order valence-electron chi connectivity index (χ2n) is 12.7. The lowest BCUT2D eigenvalue weighted by Crippen LogP contribution is -2.50. The average molecular weight is 856 g/mol. The fourth-order valence-electron chi connectivity index (χ4n) is 6.70. The molecule has 3 heterocycles. The number of benzene rings is 2. The van der Waals surface area contributed by atoms with Crippen LogP contribution in [-0.4, -0.2) is 134 Å². The Kier molecular flexibility index (Phi) is 19.8. The summed E-state index contributed by atoms with van der Waals surface area (Å²) in [5, 5.41) is 3.58. The molecule has 17 heteroatoms. The smallest absolute Gasteiger partial charge is 0.336 e. The zero-order chi connectivity index (χ0) is 35.8. The summed E-state index contributed by atoms with van der Waals surface area (Å²) in [7, 11) is 4.61. The molecule has 3 aliphatic rings. The van der Waals surface area contributed by atoms with Crippen molar-refractivity contribution in [1.29, 1.82) is 0 Å². The number of hydrogen-bond acceptors (Lipinski definition) is 10. The summed E-state index contributed by atoms with van der Waals surface area (Å²) >= 11 is 11.8. The van der Waals surface area contributed by atoms with Crippen LogP contribution in [0.3, 0.4) is 0 Å². The molecule has 0 bridgehead atoms. The lowest BCUT2D eigenvalue weighted by molar-refractivity contribution is -0.137. The van der Waals surface area contributed by atoms with Crippen LogP contribution in [0.1, 0.15) is 24.3 Å². The van der Waals surface area contributed by atoms with Gasteiger partial charge in [0.1, 0.15) is 0 Å². The molecule has 11 nitrogen and oxygen atoms in total. The number of carbonyl (C=O) groups is 3. The predicted molar refractivity (Wildman–Crippen MR) is 216 cm³/mol. The van der Waals surface area contributed by atoms with Crippen LogP contribution in [0.25, 0.3) is 0 Å². The van der Waals surface area contributed by atoms with Crippen molar-refractivity contribution in [1.82, 2.24) is 24.9 Å². The van der Waals surface area contributed by atoms with Gasteiger partial charge in [-0.15, -0.1) is 37.2 Å². The van der Waals surface area contributed by atoms with Gasteiger partial charge in [-0.3, -0.25) is 9.69 Å². The van der Waals surface area contributed by atoms with E-state index in [4.69, 9.17) is 32.7 Å². The van der Waals surface area contributed by atoms with Crippen molar-refractivity contribution in [2.45, 2.75) is 23.7 Å². The molecule has 294 valence electrons. The summed E-state index contributed by atoms with van der Waals surface area (Å²) < 4.78 is 24.1. The van der Waals surface area contributed by atoms with E-state index in [0.29, 0.717) is 18.0 Å². The number of esters is 2. The van der Waals surface area contributed by atoms with Crippen LogP contribution >= 0.6 is 60.4 Å². The first-order valence-electron chi connectivity index (χ1n) is 16.8. The second-order valence-corrected chi connectivity index (χ2v) is 14.9. The Balaban J connectivity index is 0.00000324. The number of likely N-dealkylation sites (N-methyl/N-ethyl adjacent to an activating group) is 1. The lowest BCUT2D eigenvalue weighted by atomic mass is 9.79. The fraction of sp³-hybridized carbons (Fsp3) is 0.472. The fourth-order valence-corrected chi connectivity index (χ4v) is 8.43. The van der Waals surface area contributed by atoms with Gasteiger partial charge in [-0.2, -0.15) is 0 Å². The van der Waals surface area contributed by atoms with E-state index in [-0.39, 0.29) is 93.5 Å². The van der Waals surface area contributed by atoms with E-state index in [9.17, 15) is 18.9 Å². The lowest BCUT2D eigenvalue weighted by Gasteiger charge is -2.37. The Labute approximate surface area is 343 Å². The molecule has 2 aromatic carbocycles. The molecule has 0 radical (unpaired) electrons. The van der Waals surface area contributed by atoms with Crippen molar-refractivity contribution < 1.29 is 28.4 Å². The molecule has 2 saturated heterocycles. The van der Waals surface area contributed by atoms with Crippen LogP contribution in [0.15, 0.2) is 76.0 Å². The van der Waals surface area contributed by atoms with E-state index < -0.39 is 29.0 Å². The third-order valence-electron chi connectivity index (χ3n) is 9.51. The summed E-state index contributed by atoms with van der Waals surface area (Å²) in [6.45, 7) is 9.01. The third-order valence-corrected chi connectivity index (χ3v) is 11.5. The van der Waals surface area contributed by atoms with Gasteiger partial charge >= 0.3 is 11.9 Å². The minimum Gasteiger partial charge on any atom is -0.611 e. The topological polar surface area (TPSA) is 118 Å². The average Bonchev–Trinajstić information content (AvgIpc) is 3.12. The molecule has 0 spiro atoms. The molecule has 3 aliphatic heterocycles. The van der Waals surface area contributed by atoms with Crippen molar-refractivity contribution in [2.24, 2.45) is 0 Å². The number of carbonyl (C=O) groups excluding carboxylic acids is 3. The van der Waals surface area contributed by atoms with Gasteiger partial charge in [0.25, 0.3) is 0 Å². The summed E-state index contributed by atoms with van der Waals surface area (Å²) in [6.07, 6.45) is 0.882. The SMILES string of the molecule is COC(=O)C1=C(CC(=O)N2CCN(CCCN3CCN(C)CC3)CC2)NC(C[S+]([O-])c2ccccc2)=C(C(=O)OC)[C@H]1c1c(Cl)cccc1Cl.Cl.Cl.Cl. The van der Waals surface area contributed by atoms with E-state index in [2.05, 4.69) is 27.1 Å². The molecule has 2 aromatic rings. The van der Waals surface area contributed by atoms with Crippen LogP contribution < -0.4 is 5.32 Å². The van der Waals surface area contributed by atoms with Gasteiger partial charge in [-0.25, -0.2) is 9.59 Å². The molecule has 1 unspecified atom stereocenters. The molecule has 0 aliphatic carbocycles. The number of dihydropyridines is 1. The van der Waals surface area contributed by atoms with Gasteiger partial charge in [0.2, 0.25) is 5.91 Å². The number of halogens is 5. The van der Waals surface area contributed by atoms with Crippen molar-refractivity contribution >= 4 is 89.4 Å². The van der Waals surface area contributed by atoms with Crippen LogP contribution in [0.2, 0.25) is 10.0 Å². The number of rotatable bonds is 12. The highest BCUT2D eigenvalue weighted by atomic mass is 35.5. The number of methoxy groups -OCH3 is 2. The monoisotopic (exact) mass is 853 g/mol. The van der Waals surface area contributed by atoms with Gasteiger partial charge in [0.15, 0.2) is 10.6 Å². The standard InChI is InChI=1S/C36H45Cl2N5O6S.3ClH/c1-40-15-17-41(18-16-40)13-8-14-42-19-21-43(22-20-42)30(44)23-28-32(35(45)48-2)34(31-26(37)11-7-12-27(31)38)33(36(46)49-3)29(39-28)24-50(47)25-9-5-4-6-10-25;;;/h4-7,9-12,34,39H,8,13-24H2,1-3H3;3*1H/t34-,50?;;;/m0.../s1. The first kappa shape index (κ1) is 46.9. The maximum atomic E-state index is 13.9. The van der Waals surface area contributed by atoms with Crippen LogP contribution in [0, 0.1) is 0 Å². The molecule has 2 fully saturated rings. The van der Waals surface area contributed by atoms with Crippen molar-refractivity contribution in [3.8, 4) is 0 Å². The van der Waals surface area contributed by atoms with Crippen molar-refractivity contribution in [3.05, 3.63) is 86.7 Å². The maximum Gasteiger partial charge on any atom is 0.336 e. The first-order chi connectivity index (χ1) is 24.1. The number of nitrogens with zero attached hydrogens (tertiary/aromatic N) is 4. The summed E-state index contributed by atoms with van der Waals surface area (Å²) in [4.78, 5) is 50.7. The predicted octanol–water partition coefficient (Wildman–Crippen LogP) is 4.78. The molecular formula is C36H48Cl5N5O6S. The highest BCUT2D eigenvalue weighted by molar-refractivity contribution is 7.91. The number of ether oxygens (including phenoxy) is 2. The van der Waals surface area contributed by atoms with E-state index in [0.717, 1.165) is 58.8 Å². The van der Waals surface area contributed by atoms with Crippen LogP contribution in [0.4, 0.5) is 0 Å². The van der Waals surface area contributed by atoms with Gasteiger partial charge in [0.05, 0.1) is 43.4 Å². The third kappa shape index (κ3) is 11.9. The molecule has 5 rings (SSSR count). The Hall–Kier alpha value is -2.23. The highest BCUT2D eigenvalue weighted by Gasteiger charge is 2.43. The molecular weight excluding hydrogens is 808 g/mol. The molecule has 2 atom stereocenters. The Morgan fingerprint density at radius 3 is 1.81 bits per heavy atom. The number of piperazine rings is 2. The largest absolute Gasteiger partial charge is 0.611 e. The zero-order valence-electron chi connectivity index (χ0n) is 30.0. The zero-order valence-corrected chi connectivity index (χ0v) is 34.8. The number of nitrogens with one attached hydrogen (secondary N) is 1. The van der Waals surface area contributed by atoms with Crippen molar-refractivity contribution in [2.75, 3.05) is 92.5 Å². The summed E-state index contributed by atoms with van der Waals surface area (Å²) in [5.41, 5.74) is 0.753. The molecule has 53 heavy (non-hydrogen) atoms. The van der Waals surface area contributed by atoms with Gasteiger partial charge in [-0.05, 0) is 62.0 Å².